The Bertz CT molecular complexity index is 1130. The Hall–Kier alpha value is -3.28. The van der Waals surface area contributed by atoms with Gasteiger partial charge in [0.2, 0.25) is 11.0 Å². The second-order valence-electron chi connectivity index (χ2n) is 7.30. The van der Waals surface area contributed by atoms with Gasteiger partial charge in [-0.15, -0.1) is 0 Å². The van der Waals surface area contributed by atoms with Crippen LogP contribution in [-0.2, 0) is 11.0 Å². The van der Waals surface area contributed by atoms with E-state index in [1.54, 1.807) is 37.1 Å². The minimum Gasteiger partial charge on any atom is -0.489 e. The molecule has 3 aromatic heterocycles. The van der Waals surface area contributed by atoms with Crippen molar-refractivity contribution < 1.29 is 22.7 Å². The molecule has 1 aliphatic rings. The van der Waals surface area contributed by atoms with E-state index in [9.17, 15) is 18.0 Å². The summed E-state index contributed by atoms with van der Waals surface area (Å²) in [6.07, 6.45) is -1.22. The maximum atomic E-state index is 13.5. The molecule has 0 aromatic carbocycles. The molecule has 12 heteroatoms. The average Bonchev–Trinajstić information content (AvgIpc) is 3.37. The summed E-state index contributed by atoms with van der Waals surface area (Å²) in [5.74, 6) is 0.105. The number of hydrogen-bond donors (Lipinski definition) is 1. The lowest BCUT2D eigenvalue weighted by Gasteiger charge is -2.18. The summed E-state index contributed by atoms with van der Waals surface area (Å²) in [6, 6.07) is 4.37. The van der Waals surface area contributed by atoms with Gasteiger partial charge in [0.15, 0.2) is 11.6 Å². The number of aromatic nitrogens is 4. The summed E-state index contributed by atoms with van der Waals surface area (Å²) in [7, 11) is 0. The van der Waals surface area contributed by atoms with E-state index in [1.807, 2.05) is 0 Å². The van der Waals surface area contributed by atoms with Crippen LogP contribution >= 0.6 is 11.5 Å². The lowest BCUT2D eigenvalue weighted by Crippen LogP contribution is -2.24. The van der Waals surface area contributed by atoms with Crippen molar-refractivity contribution in [3.05, 3.63) is 36.2 Å². The molecule has 0 radical (unpaired) electrons. The molecule has 0 aliphatic carbocycles. The lowest BCUT2D eigenvalue weighted by molar-refractivity contribution is -0.139. The van der Waals surface area contributed by atoms with Gasteiger partial charge in [-0.2, -0.15) is 22.5 Å². The largest absolute Gasteiger partial charge is 0.489 e. The number of halogens is 3. The molecular formula is C20H19F3N6O2S. The number of carbonyl (C=O) groups excluding carboxylic acids is 1. The molecule has 168 valence electrons. The molecule has 1 saturated heterocycles. The van der Waals surface area contributed by atoms with Gasteiger partial charge in [-0.1, -0.05) is 0 Å². The van der Waals surface area contributed by atoms with Crippen molar-refractivity contribution in [2.75, 3.05) is 16.8 Å². The topological polar surface area (TPSA) is 93.1 Å². The van der Waals surface area contributed by atoms with Gasteiger partial charge >= 0.3 is 6.18 Å². The van der Waals surface area contributed by atoms with Crippen LogP contribution < -0.4 is 15.0 Å². The Balaban J connectivity index is 1.61. The standard InChI is InChI=1S/C20H19F3N6O2S/c1-11(2)31-15-10-25-13(9-12(15)20(21,22)23)17-26-19(32-28-17)27-18-14(5-3-7-24-18)29-8-4-6-16(29)30/h3,5,7,9-11H,4,6,8H2,1-2H3,(H,24,26,27,28). The van der Waals surface area contributed by atoms with Crippen molar-refractivity contribution in [2.45, 2.75) is 39.0 Å². The van der Waals surface area contributed by atoms with E-state index in [0.29, 0.717) is 29.6 Å². The normalized spacial score (nSPS) is 14.3. The van der Waals surface area contributed by atoms with E-state index in [1.165, 1.54) is 0 Å². The molecular weight excluding hydrogens is 445 g/mol. The third kappa shape index (κ3) is 4.64. The minimum atomic E-state index is -4.62. The number of nitrogens with zero attached hydrogens (tertiary/aromatic N) is 5. The molecule has 0 atom stereocenters. The van der Waals surface area contributed by atoms with Gasteiger partial charge in [-0.05, 0) is 38.5 Å². The summed E-state index contributed by atoms with van der Waals surface area (Å²) >= 11 is 0.951. The maximum Gasteiger partial charge on any atom is 0.420 e. The van der Waals surface area contributed by atoms with Crippen molar-refractivity contribution in [3.63, 3.8) is 0 Å². The lowest BCUT2D eigenvalue weighted by atomic mass is 10.2. The van der Waals surface area contributed by atoms with Crippen LogP contribution in [-0.4, -0.2) is 37.9 Å². The fourth-order valence-corrected chi connectivity index (χ4v) is 3.80. The highest BCUT2D eigenvalue weighted by Crippen LogP contribution is 2.38. The van der Waals surface area contributed by atoms with Gasteiger partial charge in [0, 0.05) is 30.7 Å². The van der Waals surface area contributed by atoms with Gasteiger partial charge in [0.25, 0.3) is 0 Å². The van der Waals surface area contributed by atoms with Crippen LogP contribution in [0.1, 0.15) is 32.3 Å². The van der Waals surface area contributed by atoms with Gasteiger partial charge < -0.3 is 15.0 Å². The van der Waals surface area contributed by atoms with Gasteiger partial charge in [-0.3, -0.25) is 4.79 Å². The van der Waals surface area contributed by atoms with Crippen molar-refractivity contribution >= 4 is 34.1 Å². The monoisotopic (exact) mass is 464 g/mol. The second-order valence-corrected chi connectivity index (χ2v) is 8.05. The van der Waals surface area contributed by atoms with Crippen LogP contribution in [0, 0.1) is 0 Å². The predicted octanol–water partition coefficient (Wildman–Crippen LogP) is 4.67. The van der Waals surface area contributed by atoms with Crippen molar-refractivity contribution in [1.29, 1.82) is 0 Å². The third-order valence-electron chi connectivity index (χ3n) is 4.57. The number of alkyl halides is 3. The Kier molecular flexibility index (Phi) is 5.96. The maximum absolute atomic E-state index is 13.5. The molecule has 1 aliphatic heterocycles. The molecule has 0 bridgehead atoms. The predicted molar refractivity (Wildman–Crippen MR) is 113 cm³/mol. The number of amides is 1. The summed E-state index contributed by atoms with van der Waals surface area (Å²) in [6.45, 7) is 3.86. The Labute approximate surface area is 185 Å². The Morgan fingerprint density at radius 1 is 1.28 bits per heavy atom. The van der Waals surface area contributed by atoms with Crippen LogP contribution in [0.15, 0.2) is 30.6 Å². The zero-order chi connectivity index (χ0) is 22.9. The van der Waals surface area contributed by atoms with Gasteiger partial charge in [-0.25, -0.2) is 9.97 Å². The van der Waals surface area contributed by atoms with E-state index in [4.69, 9.17) is 4.74 Å². The first-order chi connectivity index (χ1) is 15.2. The number of pyridine rings is 2. The second kappa shape index (κ2) is 8.69. The zero-order valence-corrected chi connectivity index (χ0v) is 18.0. The molecule has 0 saturated carbocycles. The van der Waals surface area contributed by atoms with E-state index in [0.717, 1.165) is 30.2 Å². The molecule has 1 fully saturated rings. The number of anilines is 3. The Morgan fingerprint density at radius 2 is 2.09 bits per heavy atom. The Morgan fingerprint density at radius 3 is 2.78 bits per heavy atom. The molecule has 8 nitrogen and oxygen atoms in total. The number of rotatable bonds is 6. The fraction of sp³-hybridized carbons (Fsp3) is 0.350. The molecule has 0 spiro atoms. The fourth-order valence-electron chi connectivity index (χ4n) is 3.23. The van der Waals surface area contributed by atoms with Crippen LogP contribution in [0.2, 0.25) is 0 Å². The van der Waals surface area contributed by atoms with Crippen LogP contribution in [0.25, 0.3) is 11.5 Å². The molecule has 0 unspecified atom stereocenters. The number of ether oxygens (including phenoxy) is 1. The molecule has 4 rings (SSSR count). The van der Waals surface area contributed by atoms with Crippen LogP contribution in [0.4, 0.5) is 29.8 Å². The average molecular weight is 464 g/mol. The summed E-state index contributed by atoms with van der Waals surface area (Å²) < 4.78 is 49.9. The molecule has 1 amide bonds. The van der Waals surface area contributed by atoms with Crippen molar-refractivity contribution in [1.82, 2.24) is 19.3 Å². The first-order valence-corrected chi connectivity index (χ1v) is 10.6. The quantitative estimate of drug-likeness (QED) is 0.567. The number of hydrogen-bond acceptors (Lipinski definition) is 8. The number of carbonyl (C=O) groups is 1. The van der Waals surface area contributed by atoms with E-state index < -0.39 is 17.8 Å². The van der Waals surface area contributed by atoms with Crippen LogP contribution in [0.3, 0.4) is 0 Å². The molecule has 32 heavy (non-hydrogen) atoms. The highest BCUT2D eigenvalue weighted by molar-refractivity contribution is 7.09. The highest BCUT2D eigenvalue weighted by atomic mass is 32.1. The first-order valence-electron chi connectivity index (χ1n) is 9.83. The molecule has 4 heterocycles. The molecule has 1 N–H and O–H groups in total. The zero-order valence-electron chi connectivity index (χ0n) is 17.2. The van der Waals surface area contributed by atoms with Crippen molar-refractivity contribution in [3.8, 4) is 17.3 Å². The van der Waals surface area contributed by atoms with Crippen molar-refractivity contribution in [2.24, 2.45) is 0 Å². The highest BCUT2D eigenvalue weighted by Gasteiger charge is 2.36. The van der Waals surface area contributed by atoms with E-state index >= 15 is 0 Å². The minimum absolute atomic E-state index is 0.00610. The third-order valence-corrected chi connectivity index (χ3v) is 5.20. The van der Waals surface area contributed by atoms with Crippen LogP contribution in [0.5, 0.6) is 5.75 Å². The summed E-state index contributed by atoms with van der Waals surface area (Å²) in [5, 5.41) is 3.32. The molecule has 3 aromatic rings. The van der Waals surface area contributed by atoms with Gasteiger partial charge in [0.1, 0.15) is 17.0 Å². The van der Waals surface area contributed by atoms with E-state index in [2.05, 4.69) is 24.6 Å². The smallest absolute Gasteiger partial charge is 0.420 e. The van der Waals surface area contributed by atoms with E-state index in [-0.39, 0.29) is 23.2 Å². The first kappa shape index (κ1) is 21.9. The van der Waals surface area contributed by atoms with Gasteiger partial charge in [0.05, 0.1) is 18.0 Å². The number of nitrogens with one attached hydrogen (secondary N) is 1. The summed E-state index contributed by atoms with van der Waals surface area (Å²) in [5.41, 5.74) is -0.367. The summed E-state index contributed by atoms with van der Waals surface area (Å²) in [4.78, 5) is 26.3. The SMILES string of the molecule is CC(C)Oc1cnc(-c2nsc(Nc3ncccc3N3CCCC3=O)n2)cc1C(F)(F)F.